The zero-order valence-electron chi connectivity index (χ0n) is 18.8. The summed E-state index contributed by atoms with van der Waals surface area (Å²) in [4.78, 5) is 14.5. The lowest BCUT2D eigenvalue weighted by atomic mass is 9.43. The third-order valence-corrected chi connectivity index (χ3v) is 9.56. The maximum Gasteiger partial charge on any atom is 0.254 e. The van der Waals surface area contributed by atoms with Crippen molar-refractivity contribution in [2.75, 3.05) is 7.05 Å². The molecule has 0 bridgehead atoms. The molecule has 0 radical (unpaired) electrons. The SMILES string of the molecule is Cc1cc2c(c3c1C[C@]1(C)[C@@H](C)CCC4C(C)(C)C(O)CCC41O3)CN(C)C2=O. The van der Waals surface area contributed by atoms with Crippen LogP contribution < -0.4 is 4.74 Å². The quantitative estimate of drug-likeness (QED) is 0.702. The Morgan fingerprint density at radius 2 is 1.90 bits per heavy atom. The predicted octanol–water partition coefficient (Wildman–Crippen LogP) is 4.49. The Morgan fingerprint density at radius 1 is 1.17 bits per heavy atom. The van der Waals surface area contributed by atoms with E-state index in [0.717, 1.165) is 42.6 Å². The van der Waals surface area contributed by atoms with Gasteiger partial charge < -0.3 is 14.7 Å². The average molecular weight is 398 g/mol. The first-order valence-electron chi connectivity index (χ1n) is 11.3. The van der Waals surface area contributed by atoms with Crippen molar-refractivity contribution in [1.29, 1.82) is 0 Å². The Labute approximate surface area is 174 Å². The number of aliphatic hydroxyl groups is 1. The van der Waals surface area contributed by atoms with Gasteiger partial charge in [-0.3, -0.25) is 4.79 Å². The van der Waals surface area contributed by atoms with Gasteiger partial charge in [0.2, 0.25) is 0 Å². The van der Waals surface area contributed by atoms with Crippen molar-refractivity contribution in [1.82, 2.24) is 4.90 Å². The van der Waals surface area contributed by atoms with Gasteiger partial charge in [-0.15, -0.1) is 0 Å². The number of hydrogen-bond donors (Lipinski definition) is 1. The molecule has 1 aromatic carbocycles. The Bertz CT molecular complexity index is 906. The summed E-state index contributed by atoms with van der Waals surface area (Å²) in [6.45, 7) is 12.1. The minimum Gasteiger partial charge on any atom is -0.486 e. The topological polar surface area (TPSA) is 49.8 Å². The summed E-state index contributed by atoms with van der Waals surface area (Å²) in [5.74, 6) is 1.98. The number of ether oxygens (including phenoxy) is 1. The molecule has 2 aliphatic carbocycles. The van der Waals surface area contributed by atoms with E-state index in [2.05, 4.69) is 40.7 Å². The number of nitrogens with zero attached hydrogens (tertiary/aromatic N) is 1. The highest BCUT2D eigenvalue weighted by Crippen LogP contribution is 2.66. The van der Waals surface area contributed by atoms with E-state index in [1.165, 1.54) is 17.5 Å². The summed E-state index contributed by atoms with van der Waals surface area (Å²) >= 11 is 0. The molecular weight excluding hydrogens is 362 g/mol. The molecule has 4 heteroatoms. The molecule has 158 valence electrons. The number of aryl methyl sites for hydroxylation is 1. The van der Waals surface area contributed by atoms with E-state index >= 15 is 0 Å². The molecule has 4 aliphatic rings. The Balaban J connectivity index is 1.73. The first kappa shape index (κ1) is 19.4. The summed E-state index contributed by atoms with van der Waals surface area (Å²) in [7, 11) is 1.88. The van der Waals surface area contributed by atoms with Crippen LogP contribution in [-0.2, 0) is 13.0 Å². The number of carbonyl (C=O) groups is 1. The highest BCUT2D eigenvalue weighted by molar-refractivity contribution is 5.99. The van der Waals surface area contributed by atoms with E-state index in [1.54, 1.807) is 4.90 Å². The van der Waals surface area contributed by atoms with Crippen molar-refractivity contribution in [3.05, 3.63) is 28.3 Å². The second kappa shape index (κ2) is 5.78. The van der Waals surface area contributed by atoms with Crippen LogP contribution in [0, 0.1) is 29.6 Å². The monoisotopic (exact) mass is 397 g/mol. The van der Waals surface area contributed by atoms with Crippen molar-refractivity contribution >= 4 is 5.91 Å². The van der Waals surface area contributed by atoms with E-state index in [0.29, 0.717) is 18.4 Å². The first-order chi connectivity index (χ1) is 13.5. The normalized spacial score (nSPS) is 39.9. The molecule has 2 heterocycles. The summed E-state index contributed by atoms with van der Waals surface area (Å²) in [6.07, 6.45) is 4.69. The molecule has 1 amide bonds. The molecule has 3 unspecified atom stereocenters. The van der Waals surface area contributed by atoms with Gasteiger partial charge in [0.1, 0.15) is 11.4 Å². The van der Waals surface area contributed by atoms with E-state index < -0.39 is 0 Å². The summed E-state index contributed by atoms with van der Waals surface area (Å²) in [5.41, 5.74) is 3.98. The van der Waals surface area contributed by atoms with Crippen LogP contribution in [0.25, 0.3) is 0 Å². The van der Waals surface area contributed by atoms with Gasteiger partial charge in [-0.1, -0.05) is 27.7 Å². The number of fused-ring (bicyclic) bond motifs is 3. The van der Waals surface area contributed by atoms with E-state index in [-0.39, 0.29) is 28.4 Å². The van der Waals surface area contributed by atoms with Gasteiger partial charge in [0.25, 0.3) is 5.91 Å². The summed E-state index contributed by atoms with van der Waals surface area (Å²) in [6, 6.07) is 2.09. The number of rotatable bonds is 0. The second-order valence-corrected chi connectivity index (χ2v) is 11.2. The van der Waals surface area contributed by atoms with Crippen LogP contribution in [0.5, 0.6) is 5.75 Å². The van der Waals surface area contributed by atoms with Gasteiger partial charge in [-0.25, -0.2) is 0 Å². The molecule has 1 N–H and O–H groups in total. The van der Waals surface area contributed by atoms with Gasteiger partial charge in [0.05, 0.1) is 12.6 Å². The fourth-order valence-corrected chi connectivity index (χ4v) is 7.36. The van der Waals surface area contributed by atoms with Crippen molar-refractivity contribution in [3.63, 3.8) is 0 Å². The molecule has 2 saturated carbocycles. The fourth-order valence-electron chi connectivity index (χ4n) is 7.36. The second-order valence-electron chi connectivity index (χ2n) is 11.2. The minimum absolute atomic E-state index is 0.0356. The molecule has 2 fully saturated rings. The van der Waals surface area contributed by atoms with E-state index in [1.807, 2.05) is 7.05 Å². The Hall–Kier alpha value is -1.55. The fraction of sp³-hybridized carbons (Fsp3) is 0.720. The van der Waals surface area contributed by atoms with Crippen LogP contribution in [-0.4, -0.2) is 34.7 Å². The zero-order chi connectivity index (χ0) is 20.9. The lowest BCUT2D eigenvalue weighted by molar-refractivity contribution is -0.233. The maximum atomic E-state index is 12.7. The average Bonchev–Trinajstić information content (AvgIpc) is 2.94. The molecule has 4 nitrogen and oxygen atoms in total. The number of amides is 1. The zero-order valence-corrected chi connectivity index (χ0v) is 18.8. The molecule has 5 rings (SSSR count). The molecule has 1 aromatic rings. The lowest BCUT2D eigenvalue weighted by Crippen LogP contribution is -2.70. The number of aliphatic hydroxyl groups excluding tert-OH is 1. The molecule has 1 spiro atoms. The van der Waals surface area contributed by atoms with Crippen molar-refractivity contribution in [2.45, 2.75) is 85.0 Å². The van der Waals surface area contributed by atoms with E-state index in [4.69, 9.17) is 4.74 Å². The largest absolute Gasteiger partial charge is 0.486 e. The van der Waals surface area contributed by atoms with Crippen molar-refractivity contribution in [2.24, 2.45) is 22.7 Å². The van der Waals surface area contributed by atoms with Gasteiger partial charge in [0, 0.05) is 29.5 Å². The van der Waals surface area contributed by atoms with Gasteiger partial charge in [-0.2, -0.15) is 0 Å². The van der Waals surface area contributed by atoms with E-state index in [9.17, 15) is 9.90 Å². The molecule has 0 saturated heterocycles. The van der Waals surface area contributed by atoms with Crippen molar-refractivity contribution in [3.8, 4) is 5.75 Å². The molecule has 5 atom stereocenters. The van der Waals surface area contributed by atoms with Crippen LogP contribution in [0.1, 0.15) is 80.4 Å². The number of benzene rings is 1. The number of carbonyl (C=O) groups excluding carboxylic acids is 1. The minimum atomic E-state index is -0.281. The predicted molar refractivity (Wildman–Crippen MR) is 113 cm³/mol. The van der Waals surface area contributed by atoms with Crippen molar-refractivity contribution < 1.29 is 14.6 Å². The molecule has 29 heavy (non-hydrogen) atoms. The van der Waals surface area contributed by atoms with Gasteiger partial charge >= 0.3 is 0 Å². The molecule has 2 aliphatic heterocycles. The van der Waals surface area contributed by atoms with Crippen LogP contribution >= 0.6 is 0 Å². The highest BCUT2D eigenvalue weighted by Gasteiger charge is 2.67. The third-order valence-electron chi connectivity index (χ3n) is 9.56. The third kappa shape index (κ3) is 2.22. The van der Waals surface area contributed by atoms with Gasteiger partial charge in [-0.05, 0) is 67.6 Å². The van der Waals surface area contributed by atoms with Crippen LogP contribution in [0.3, 0.4) is 0 Å². The van der Waals surface area contributed by atoms with Crippen LogP contribution in [0.4, 0.5) is 0 Å². The first-order valence-corrected chi connectivity index (χ1v) is 11.3. The number of hydrogen-bond acceptors (Lipinski definition) is 3. The smallest absolute Gasteiger partial charge is 0.254 e. The standard InChI is InChI=1S/C25H35NO3/c1-14-11-16-18(13-26(6)22(16)28)21-17(14)12-24(5)15(2)7-8-19-23(3,4)20(27)9-10-25(19,24)29-21/h11,15,19-20,27H,7-10,12-13H2,1-6H3/t15-,19?,20?,24+,25?/m0/s1. The van der Waals surface area contributed by atoms with Crippen LogP contribution in [0.2, 0.25) is 0 Å². The maximum absolute atomic E-state index is 12.7. The summed E-state index contributed by atoms with van der Waals surface area (Å²) < 4.78 is 7.22. The van der Waals surface area contributed by atoms with Gasteiger partial charge in [0.15, 0.2) is 0 Å². The Morgan fingerprint density at radius 3 is 2.62 bits per heavy atom. The summed E-state index contributed by atoms with van der Waals surface area (Å²) in [5, 5.41) is 10.9. The Kier molecular flexibility index (Phi) is 3.87. The van der Waals surface area contributed by atoms with Crippen LogP contribution in [0.15, 0.2) is 6.07 Å². The molecular formula is C25H35NO3. The molecule has 0 aromatic heterocycles. The highest BCUT2D eigenvalue weighted by atomic mass is 16.5. The lowest BCUT2D eigenvalue weighted by Gasteiger charge is -2.67.